The summed E-state index contributed by atoms with van der Waals surface area (Å²) in [6.07, 6.45) is -33.2. The van der Waals surface area contributed by atoms with Gasteiger partial charge < -0.3 is 124 Å². The van der Waals surface area contributed by atoms with Crippen molar-refractivity contribution in [3.05, 3.63) is 0 Å². The molecule has 0 aromatic heterocycles. The molecule has 25 nitrogen and oxygen atoms in total. The Bertz CT molecular complexity index is 2000. The van der Waals surface area contributed by atoms with Crippen molar-refractivity contribution in [2.24, 2.45) is 52.3 Å². The lowest BCUT2D eigenvalue weighted by Crippen LogP contribution is -2.71. The van der Waals surface area contributed by atoms with Crippen molar-refractivity contribution >= 4 is 0 Å². The van der Waals surface area contributed by atoms with Crippen molar-refractivity contribution < 1.29 is 124 Å². The van der Waals surface area contributed by atoms with E-state index in [2.05, 4.69) is 20.8 Å². The maximum absolute atomic E-state index is 12.8. The second-order valence-electron chi connectivity index (χ2n) is 25.3. The van der Waals surface area contributed by atoms with Gasteiger partial charge in [0.15, 0.2) is 24.7 Å². The van der Waals surface area contributed by atoms with E-state index in [0.29, 0.717) is 18.9 Å². The van der Waals surface area contributed by atoms with E-state index in [-0.39, 0.29) is 60.4 Å². The average molecular weight is 1110 g/mol. The van der Waals surface area contributed by atoms with Gasteiger partial charge in [-0.05, 0) is 80.0 Å². The summed E-state index contributed by atoms with van der Waals surface area (Å²) < 4.78 is 54.9. The average Bonchev–Trinajstić information content (AvgIpc) is 3.87. The predicted octanol–water partition coefficient (Wildman–Crippen LogP) is -5.19. The molecule has 444 valence electrons. The van der Waals surface area contributed by atoms with Crippen molar-refractivity contribution in [1.29, 1.82) is 0 Å². The van der Waals surface area contributed by atoms with Crippen LogP contribution in [0.15, 0.2) is 0 Å². The van der Waals surface area contributed by atoms with Crippen LogP contribution in [0.5, 0.6) is 0 Å². The molecule has 10 rings (SSSR count). The van der Waals surface area contributed by atoms with E-state index in [1.54, 1.807) is 0 Å². The standard InChI is InChI=1S/C52H86O25/c1-19-5-8-52(70-17-19)20(2)33-26(77-52)11-24-22-10-32(57)51(68)13-28(25(56)12-50(51,4)23(22)6-7-49(24,33)3)71-27-9-21(14-53)43(40(64)34(27)58)75-48-45(69-18-31-36(60)38(62)41(65)46(67)72-31)44(37(61)30(16-55)74-48)76-47-42(66)39(63)35(59)29(15-54)73-47/h19-48,53-68H,5-18H2,1-4H3. The highest BCUT2D eigenvalue weighted by atomic mass is 16.8. The molecule has 1 spiro atoms. The molecule has 5 heterocycles. The first-order valence-electron chi connectivity index (χ1n) is 27.9. The van der Waals surface area contributed by atoms with Crippen molar-refractivity contribution in [3.8, 4) is 0 Å². The minimum Gasteiger partial charge on any atom is -0.396 e. The Hall–Kier alpha value is -1.00. The van der Waals surface area contributed by atoms with Crippen LogP contribution in [0, 0.1) is 52.3 Å². The fourth-order valence-electron chi connectivity index (χ4n) is 16.7. The van der Waals surface area contributed by atoms with E-state index >= 15 is 0 Å². The topological polar surface area (TPSA) is 407 Å². The molecule has 34 atom stereocenters. The van der Waals surface area contributed by atoms with Crippen molar-refractivity contribution in [2.45, 2.75) is 238 Å². The number of ether oxygens (including phenoxy) is 9. The summed E-state index contributed by atoms with van der Waals surface area (Å²) in [6, 6.07) is 0. The van der Waals surface area contributed by atoms with Crippen LogP contribution in [0.2, 0.25) is 0 Å². The fourth-order valence-corrected chi connectivity index (χ4v) is 16.7. The lowest BCUT2D eigenvalue weighted by Gasteiger charge is -2.66. The van der Waals surface area contributed by atoms with Crippen molar-refractivity contribution in [1.82, 2.24) is 0 Å². The first kappa shape index (κ1) is 59.2. The molecule has 5 saturated heterocycles. The number of aliphatic hydroxyl groups excluding tert-OH is 15. The third kappa shape index (κ3) is 9.79. The summed E-state index contributed by atoms with van der Waals surface area (Å²) in [6.45, 7) is 6.18. The van der Waals surface area contributed by atoms with E-state index in [4.69, 9.17) is 42.6 Å². The molecular formula is C52H86O25. The van der Waals surface area contributed by atoms with E-state index in [1.807, 2.05) is 6.92 Å². The van der Waals surface area contributed by atoms with Gasteiger partial charge in [0.05, 0.1) is 68.7 Å². The van der Waals surface area contributed by atoms with Gasteiger partial charge in [0.25, 0.3) is 0 Å². The Morgan fingerprint density at radius 2 is 1.23 bits per heavy atom. The molecule has 77 heavy (non-hydrogen) atoms. The molecule has 5 aliphatic carbocycles. The minimum atomic E-state index is -2.02. The SMILES string of the molecule is CC1CCC2(OC1)OC1CC3C4CC(O)C5(O)CC(OC6CC(CO)C(OC7OC(CO)C(O)C(OC8OC(CO)C(O)C(O)C8O)C7OCC7OC(O)C(O)C(O)C7O)C(O)C6O)C(O)CC5(C)C4CCC3(C)C1C2C. The first-order valence-corrected chi connectivity index (χ1v) is 27.9. The van der Waals surface area contributed by atoms with Crippen molar-refractivity contribution in [2.75, 3.05) is 33.0 Å². The normalized spacial score (nSPS) is 58.8. The number of aliphatic hydroxyl groups is 16. The summed E-state index contributed by atoms with van der Waals surface area (Å²) in [4.78, 5) is 0. The van der Waals surface area contributed by atoms with Gasteiger partial charge in [0.1, 0.15) is 85.5 Å². The molecule has 34 unspecified atom stereocenters. The summed E-state index contributed by atoms with van der Waals surface area (Å²) in [5.41, 5.74) is -2.73. The van der Waals surface area contributed by atoms with Crippen LogP contribution in [0.25, 0.3) is 0 Å². The highest BCUT2D eigenvalue weighted by molar-refractivity contribution is 5.21. The second-order valence-corrected chi connectivity index (χ2v) is 25.3. The maximum Gasteiger partial charge on any atom is 0.187 e. The molecule has 16 N–H and O–H groups in total. The Morgan fingerprint density at radius 1 is 0.571 bits per heavy atom. The molecule has 0 bridgehead atoms. The predicted molar refractivity (Wildman–Crippen MR) is 256 cm³/mol. The highest BCUT2D eigenvalue weighted by Gasteiger charge is 2.73. The zero-order chi connectivity index (χ0) is 55.6. The Morgan fingerprint density at radius 3 is 1.91 bits per heavy atom. The van der Waals surface area contributed by atoms with E-state index in [9.17, 15) is 81.7 Å². The highest BCUT2D eigenvalue weighted by Crippen LogP contribution is 2.72. The van der Waals surface area contributed by atoms with Crippen LogP contribution in [0.1, 0.15) is 85.5 Å². The van der Waals surface area contributed by atoms with E-state index in [0.717, 1.165) is 32.1 Å². The lowest BCUT2D eigenvalue weighted by molar-refractivity contribution is -0.378. The smallest absolute Gasteiger partial charge is 0.187 e. The van der Waals surface area contributed by atoms with Gasteiger partial charge in [-0.15, -0.1) is 0 Å². The fraction of sp³-hybridized carbons (Fsp3) is 1.00. The van der Waals surface area contributed by atoms with Crippen molar-refractivity contribution in [3.63, 3.8) is 0 Å². The molecular weight excluding hydrogens is 1020 g/mol. The van der Waals surface area contributed by atoms with Gasteiger partial charge in [0, 0.05) is 36.7 Å². The third-order valence-corrected chi connectivity index (χ3v) is 21.2. The van der Waals surface area contributed by atoms with Crippen LogP contribution in [0.3, 0.4) is 0 Å². The third-order valence-electron chi connectivity index (χ3n) is 21.2. The number of fused-ring (bicyclic) bond motifs is 7. The molecule has 25 heteroatoms. The quantitative estimate of drug-likeness (QED) is 0.0869. The minimum absolute atomic E-state index is 0.0172. The first-order chi connectivity index (χ1) is 36.4. The Labute approximate surface area is 446 Å². The zero-order valence-electron chi connectivity index (χ0n) is 44.0. The molecule has 5 saturated carbocycles. The molecule has 10 fully saturated rings. The van der Waals surface area contributed by atoms with Gasteiger partial charge >= 0.3 is 0 Å². The van der Waals surface area contributed by atoms with E-state index in [1.165, 1.54) is 0 Å². The number of hydrogen-bond acceptors (Lipinski definition) is 25. The van der Waals surface area contributed by atoms with Gasteiger partial charge in [0.2, 0.25) is 0 Å². The van der Waals surface area contributed by atoms with Gasteiger partial charge in [-0.3, -0.25) is 0 Å². The molecule has 0 aromatic carbocycles. The number of hydrogen-bond donors (Lipinski definition) is 16. The molecule has 0 aromatic rings. The largest absolute Gasteiger partial charge is 0.396 e. The summed E-state index contributed by atoms with van der Waals surface area (Å²) in [5.74, 6) is -0.528. The van der Waals surface area contributed by atoms with Gasteiger partial charge in [-0.2, -0.15) is 0 Å². The van der Waals surface area contributed by atoms with Crippen LogP contribution in [0.4, 0.5) is 0 Å². The monoisotopic (exact) mass is 1110 g/mol. The summed E-state index contributed by atoms with van der Waals surface area (Å²) in [7, 11) is 0. The van der Waals surface area contributed by atoms with Crippen LogP contribution < -0.4 is 0 Å². The lowest BCUT2D eigenvalue weighted by atomic mass is 9.42. The molecule has 5 aliphatic heterocycles. The number of rotatable bonds is 12. The summed E-state index contributed by atoms with van der Waals surface area (Å²) in [5, 5.41) is 177. The van der Waals surface area contributed by atoms with Crippen LogP contribution >= 0.6 is 0 Å². The molecule has 10 aliphatic rings. The summed E-state index contributed by atoms with van der Waals surface area (Å²) >= 11 is 0. The van der Waals surface area contributed by atoms with Gasteiger partial charge in [-0.1, -0.05) is 27.7 Å². The Balaban J connectivity index is 0.842. The van der Waals surface area contributed by atoms with Crippen LogP contribution in [-0.2, 0) is 42.6 Å². The maximum atomic E-state index is 12.8. The molecule has 0 amide bonds. The molecule has 0 radical (unpaired) electrons. The second kappa shape index (κ2) is 22.2. The van der Waals surface area contributed by atoms with Gasteiger partial charge in [-0.25, -0.2) is 0 Å². The van der Waals surface area contributed by atoms with E-state index < -0.39 is 184 Å². The zero-order valence-corrected chi connectivity index (χ0v) is 44.0. The van der Waals surface area contributed by atoms with Crippen LogP contribution in [-0.4, -0.2) is 267 Å². The Kier molecular flexibility index (Phi) is 17.1.